The Bertz CT molecular complexity index is 627. The number of amides is 1. The molecule has 126 valence electrons. The monoisotopic (exact) mass is 339 g/mol. The van der Waals surface area contributed by atoms with Crippen molar-refractivity contribution in [3.05, 3.63) is 33.8 Å². The van der Waals surface area contributed by atoms with E-state index >= 15 is 0 Å². The van der Waals surface area contributed by atoms with Gasteiger partial charge in [0.2, 0.25) is 0 Å². The van der Waals surface area contributed by atoms with Crippen molar-refractivity contribution in [3.63, 3.8) is 0 Å². The third-order valence-electron chi connectivity index (χ3n) is 4.55. The van der Waals surface area contributed by atoms with Gasteiger partial charge in [0, 0.05) is 20.2 Å². The molecule has 0 spiro atoms. The molecule has 1 aromatic carbocycles. The molecular weight excluding hydrogens is 318 g/mol. The maximum atomic E-state index is 12.8. The summed E-state index contributed by atoms with van der Waals surface area (Å²) in [7, 11) is 1.48. The molecule has 0 bridgehead atoms. The van der Waals surface area contributed by atoms with E-state index in [2.05, 4.69) is 0 Å². The molecule has 1 atom stereocenters. The summed E-state index contributed by atoms with van der Waals surface area (Å²) < 4.78 is 5.09. The third kappa shape index (κ3) is 3.51. The van der Waals surface area contributed by atoms with E-state index in [4.69, 9.17) is 16.3 Å². The number of hydrogen-bond acceptors (Lipinski definition) is 3. The van der Waals surface area contributed by atoms with E-state index in [1.54, 1.807) is 17.0 Å². The molecule has 2 rings (SSSR count). The number of carboxylic acids is 1. The molecule has 1 fully saturated rings. The molecule has 0 saturated carbocycles. The number of carbonyl (C=O) groups excluding carboxylic acids is 1. The average Bonchev–Trinajstić information content (AvgIpc) is 2.50. The van der Waals surface area contributed by atoms with Crippen molar-refractivity contribution in [2.45, 2.75) is 26.7 Å². The van der Waals surface area contributed by atoms with Crippen LogP contribution in [0.3, 0.4) is 0 Å². The number of rotatable bonds is 4. The molecule has 1 aliphatic heterocycles. The molecule has 0 radical (unpaired) electrons. The van der Waals surface area contributed by atoms with Crippen LogP contribution in [0.15, 0.2) is 12.1 Å². The minimum atomic E-state index is -1.05. The molecule has 1 unspecified atom stereocenters. The van der Waals surface area contributed by atoms with Gasteiger partial charge >= 0.3 is 5.97 Å². The van der Waals surface area contributed by atoms with E-state index in [0.717, 1.165) is 11.1 Å². The van der Waals surface area contributed by atoms with Gasteiger partial charge in [-0.3, -0.25) is 9.59 Å². The number of carbonyl (C=O) groups is 2. The first kappa shape index (κ1) is 17.8. The molecule has 0 aliphatic carbocycles. The Morgan fingerprint density at radius 3 is 2.61 bits per heavy atom. The second kappa shape index (κ2) is 6.89. The predicted molar refractivity (Wildman–Crippen MR) is 88.0 cm³/mol. The number of methoxy groups -OCH3 is 1. The van der Waals surface area contributed by atoms with Gasteiger partial charge < -0.3 is 14.7 Å². The van der Waals surface area contributed by atoms with Crippen molar-refractivity contribution in [3.8, 4) is 0 Å². The number of benzene rings is 1. The van der Waals surface area contributed by atoms with Crippen molar-refractivity contribution in [2.75, 3.05) is 26.8 Å². The SMILES string of the molecule is COCC1(C(=O)O)CCCN(C(=O)c2cc(C)c(C)cc2Cl)C1. The maximum absolute atomic E-state index is 12.8. The van der Waals surface area contributed by atoms with Crippen molar-refractivity contribution < 1.29 is 19.4 Å². The summed E-state index contributed by atoms with van der Waals surface area (Å²) in [4.78, 5) is 26.1. The van der Waals surface area contributed by atoms with E-state index in [0.29, 0.717) is 30.0 Å². The van der Waals surface area contributed by atoms with Crippen LogP contribution in [0.25, 0.3) is 0 Å². The maximum Gasteiger partial charge on any atom is 0.313 e. The van der Waals surface area contributed by atoms with Crippen LogP contribution in [0.2, 0.25) is 5.02 Å². The van der Waals surface area contributed by atoms with Crippen molar-refractivity contribution in [1.82, 2.24) is 4.90 Å². The van der Waals surface area contributed by atoms with Gasteiger partial charge in [-0.05, 0) is 49.9 Å². The van der Waals surface area contributed by atoms with Gasteiger partial charge in [0.1, 0.15) is 5.41 Å². The number of hydrogen-bond donors (Lipinski definition) is 1. The fraction of sp³-hybridized carbons (Fsp3) is 0.529. The van der Waals surface area contributed by atoms with Crippen LogP contribution >= 0.6 is 11.6 Å². The highest BCUT2D eigenvalue weighted by Crippen LogP contribution is 2.32. The molecule has 6 heteroatoms. The van der Waals surface area contributed by atoms with Crippen LogP contribution in [0.1, 0.15) is 34.3 Å². The number of aliphatic carboxylic acids is 1. The fourth-order valence-corrected chi connectivity index (χ4v) is 3.35. The summed E-state index contributed by atoms with van der Waals surface area (Å²) >= 11 is 6.22. The molecule has 5 nitrogen and oxygen atoms in total. The van der Waals surface area contributed by atoms with Crippen LogP contribution in [0.4, 0.5) is 0 Å². The predicted octanol–water partition coefficient (Wildman–Crippen LogP) is 2.91. The molecule has 1 aromatic rings. The Balaban J connectivity index is 2.29. The molecule has 1 amide bonds. The van der Waals surface area contributed by atoms with E-state index in [1.807, 2.05) is 13.8 Å². The van der Waals surface area contributed by atoms with Crippen LogP contribution in [-0.2, 0) is 9.53 Å². The zero-order chi connectivity index (χ0) is 17.2. The Kier molecular flexibility index (Phi) is 5.32. The minimum absolute atomic E-state index is 0.0901. The van der Waals surface area contributed by atoms with Gasteiger partial charge in [-0.25, -0.2) is 0 Å². The lowest BCUT2D eigenvalue weighted by molar-refractivity contribution is -0.155. The number of piperidine rings is 1. The molecule has 1 heterocycles. The zero-order valence-electron chi connectivity index (χ0n) is 13.7. The van der Waals surface area contributed by atoms with Gasteiger partial charge in [-0.1, -0.05) is 11.6 Å². The molecule has 1 aliphatic rings. The third-order valence-corrected chi connectivity index (χ3v) is 4.86. The zero-order valence-corrected chi connectivity index (χ0v) is 14.4. The van der Waals surface area contributed by atoms with Crippen LogP contribution in [0, 0.1) is 19.3 Å². The standard InChI is InChI=1S/C17H22ClNO4/c1-11-7-13(14(18)8-12(11)2)15(20)19-6-4-5-17(9-19,10-23-3)16(21)22/h7-8H,4-6,9-10H2,1-3H3,(H,21,22). The molecular formula is C17H22ClNO4. The summed E-state index contributed by atoms with van der Waals surface area (Å²) in [6.45, 7) is 4.61. The van der Waals surface area contributed by atoms with E-state index in [9.17, 15) is 14.7 Å². The van der Waals surface area contributed by atoms with Gasteiger partial charge in [-0.15, -0.1) is 0 Å². The van der Waals surface area contributed by atoms with Crippen molar-refractivity contribution in [2.24, 2.45) is 5.41 Å². The normalized spacial score (nSPS) is 21.3. The number of likely N-dealkylation sites (tertiary alicyclic amines) is 1. The Morgan fingerprint density at radius 2 is 2.00 bits per heavy atom. The summed E-state index contributed by atoms with van der Waals surface area (Å²) in [5, 5.41) is 9.98. The quantitative estimate of drug-likeness (QED) is 0.916. The van der Waals surface area contributed by atoms with Crippen LogP contribution < -0.4 is 0 Å². The fourth-order valence-electron chi connectivity index (χ4n) is 3.05. The lowest BCUT2D eigenvalue weighted by Crippen LogP contribution is -2.52. The lowest BCUT2D eigenvalue weighted by atomic mass is 9.80. The summed E-state index contributed by atoms with van der Waals surface area (Å²) in [5.74, 6) is -1.15. The summed E-state index contributed by atoms with van der Waals surface area (Å²) in [6.07, 6.45) is 1.13. The number of aryl methyl sites for hydroxylation is 2. The van der Waals surface area contributed by atoms with E-state index in [-0.39, 0.29) is 19.1 Å². The highest BCUT2D eigenvalue weighted by molar-refractivity contribution is 6.34. The first-order chi connectivity index (χ1) is 10.8. The number of carboxylic acid groups (broad SMARTS) is 1. The van der Waals surface area contributed by atoms with Gasteiger partial charge in [0.05, 0.1) is 17.2 Å². The Hall–Kier alpha value is -1.59. The summed E-state index contributed by atoms with van der Waals surface area (Å²) in [6, 6.07) is 3.54. The minimum Gasteiger partial charge on any atom is -0.481 e. The van der Waals surface area contributed by atoms with Crippen LogP contribution in [-0.4, -0.2) is 48.7 Å². The first-order valence-electron chi connectivity index (χ1n) is 7.59. The second-order valence-electron chi connectivity index (χ2n) is 6.27. The van der Waals surface area contributed by atoms with Gasteiger partial charge in [-0.2, -0.15) is 0 Å². The highest BCUT2D eigenvalue weighted by atomic mass is 35.5. The number of ether oxygens (including phenoxy) is 1. The molecule has 23 heavy (non-hydrogen) atoms. The smallest absolute Gasteiger partial charge is 0.313 e. The topological polar surface area (TPSA) is 66.8 Å². The number of halogens is 1. The van der Waals surface area contributed by atoms with Crippen LogP contribution in [0.5, 0.6) is 0 Å². The molecule has 1 N–H and O–H groups in total. The Morgan fingerprint density at radius 1 is 1.35 bits per heavy atom. The molecule has 1 saturated heterocycles. The number of nitrogens with zero attached hydrogens (tertiary/aromatic N) is 1. The largest absolute Gasteiger partial charge is 0.481 e. The first-order valence-corrected chi connectivity index (χ1v) is 7.97. The van der Waals surface area contributed by atoms with Crippen molar-refractivity contribution in [1.29, 1.82) is 0 Å². The van der Waals surface area contributed by atoms with Crippen molar-refractivity contribution >= 4 is 23.5 Å². The lowest BCUT2D eigenvalue weighted by Gasteiger charge is -2.39. The Labute approximate surface area is 141 Å². The highest BCUT2D eigenvalue weighted by Gasteiger charge is 2.44. The molecule has 0 aromatic heterocycles. The summed E-state index contributed by atoms with van der Waals surface area (Å²) in [5.41, 5.74) is 1.38. The van der Waals surface area contributed by atoms with E-state index < -0.39 is 11.4 Å². The van der Waals surface area contributed by atoms with Gasteiger partial charge in [0.25, 0.3) is 5.91 Å². The second-order valence-corrected chi connectivity index (χ2v) is 6.67. The van der Waals surface area contributed by atoms with E-state index in [1.165, 1.54) is 7.11 Å². The average molecular weight is 340 g/mol. The van der Waals surface area contributed by atoms with Gasteiger partial charge in [0.15, 0.2) is 0 Å².